The number of aliphatic hydroxyl groups is 1. The van der Waals surface area contributed by atoms with Gasteiger partial charge in [-0.05, 0) is 19.9 Å². The molecule has 0 amide bonds. The van der Waals surface area contributed by atoms with E-state index >= 15 is 0 Å². The number of hydrogen-bond donors (Lipinski definition) is 2. The highest BCUT2D eigenvalue weighted by molar-refractivity contribution is 6.20. The monoisotopic (exact) mass is 460 g/mol. The minimum Gasteiger partial charge on any atom is -0.389 e. The van der Waals surface area contributed by atoms with Gasteiger partial charge in [-0.25, -0.2) is 0 Å². The molecule has 1 aliphatic rings. The molecule has 0 aliphatic carbocycles. The molecule has 186 valence electrons. The fourth-order valence-electron chi connectivity index (χ4n) is 4.48. The average Bonchev–Trinajstić information content (AvgIpc) is 2.80. The molecule has 1 fully saturated rings. The normalized spacial score (nSPS) is 18.2. The Morgan fingerprint density at radius 3 is 1.65 bits per heavy atom. The second-order valence-corrected chi connectivity index (χ2v) is 10.0. The summed E-state index contributed by atoms with van der Waals surface area (Å²) in [5, 5.41) is 13.8. The number of ether oxygens (including phenoxy) is 1. The van der Waals surface area contributed by atoms with Gasteiger partial charge in [0.15, 0.2) is 0 Å². The first kappa shape index (κ1) is 29.2. The molecule has 1 rings (SSSR count). The van der Waals surface area contributed by atoms with Crippen molar-refractivity contribution in [1.29, 1.82) is 0 Å². The van der Waals surface area contributed by atoms with Crippen LogP contribution in [0.2, 0.25) is 0 Å². The van der Waals surface area contributed by atoms with Crippen molar-refractivity contribution < 1.29 is 9.84 Å². The summed E-state index contributed by atoms with van der Waals surface area (Å²) in [4.78, 5) is 2.26. The van der Waals surface area contributed by atoms with Crippen molar-refractivity contribution in [3.05, 3.63) is 0 Å². The molecule has 0 aromatic rings. The fraction of sp³-hybridized carbons (Fsp3) is 1.00. The van der Waals surface area contributed by atoms with Crippen LogP contribution in [0.1, 0.15) is 117 Å². The van der Waals surface area contributed by atoms with E-state index in [0.717, 1.165) is 39.3 Å². The molecule has 0 bridgehead atoms. The van der Waals surface area contributed by atoms with Gasteiger partial charge < -0.3 is 9.84 Å². The summed E-state index contributed by atoms with van der Waals surface area (Å²) in [6.07, 6.45) is 21.6. The Morgan fingerprint density at radius 2 is 1.19 bits per heavy atom. The lowest BCUT2D eigenvalue weighted by Gasteiger charge is -2.36. The van der Waals surface area contributed by atoms with Gasteiger partial charge in [0.25, 0.3) is 0 Å². The van der Waals surface area contributed by atoms with Gasteiger partial charge in [-0.1, -0.05) is 103 Å². The second kappa shape index (κ2) is 20.7. The van der Waals surface area contributed by atoms with Crippen LogP contribution in [-0.2, 0) is 4.74 Å². The van der Waals surface area contributed by atoms with Gasteiger partial charge >= 0.3 is 0 Å². The summed E-state index contributed by atoms with van der Waals surface area (Å²) in [7, 11) is 0. The third-order valence-corrected chi connectivity index (χ3v) is 7.20. The van der Waals surface area contributed by atoms with Crippen LogP contribution in [0.25, 0.3) is 0 Å². The molecule has 0 saturated carbocycles. The van der Waals surface area contributed by atoms with E-state index in [2.05, 4.69) is 24.1 Å². The van der Waals surface area contributed by atoms with Crippen LogP contribution in [0.5, 0.6) is 0 Å². The molecule has 2 N–H and O–H groups in total. The molecule has 3 unspecified atom stereocenters. The molecule has 5 heteroatoms. The standard InChI is InChI=1S/C26H53ClN2O2/c1-3-4-5-6-7-8-9-10-11-12-13-14-15-16-17-18-19-28-26(27)25(30)24(2)29-20-22-31-23-21-29/h24-26,28,30H,3-23H2,1-2H3. The fourth-order valence-corrected chi connectivity index (χ4v) is 4.80. The lowest BCUT2D eigenvalue weighted by Crippen LogP contribution is -2.52. The Balaban J connectivity index is 1.82. The molecule has 1 heterocycles. The number of halogens is 1. The lowest BCUT2D eigenvalue weighted by atomic mass is 10.0. The second-order valence-electron chi connectivity index (χ2n) is 9.54. The first-order valence-corrected chi connectivity index (χ1v) is 14.0. The van der Waals surface area contributed by atoms with E-state index in [1.807, 2.05) is 0 Å². The van der Waals surface area contributed by atoms with Crippen molar-refractivity contribution >= 4 is 11.6 Å². The number of rotatable bonds is 21. The minimum atomic E-state index is -0.555. The molecular weight excluding hydrogens is 408 g/mol. The van der Waals surface area contributed by atoms with Crippen molar-refractivity contribution in [3.63, 3.8) is 0 Å². The Kier molecular flexibility index (Phi) is 19.5. The Labute approximate surface area is 198 Å². The summed E-state index contributed by atoms with van der Waals surface area (Å²) in [5.74, 6) is 0. The molecule has 0 aromatic heterocycles. The maximum atomic E-state index is 10.5. The third-order valence-electron chi connectivity index (χ3n) is 6.79. The summed E-state index contributed by atoms with van der Waals surface area (Å²) >= 11 is 6.40. The van der Waals surface area contributed by atoms with Gasteiger partial charge in [-0.3, -0.25) is 10.2 Å². The minimum absolute atomic E-state index is 0.0599. The first-order valence-electron chi connectivity index (χ1n) is 13.5. The highest BCUT2D eigenvalue weighted by Gasteiger charge is 2.28. The predicted octanol–water partition coefficient (Wildman–Crippen LogP) is 6.48. The van der Waals surface area contributed by atoms with E-state index in [-0.39, 0.29) is 11.5 Å². The number of morpholine rings is 1. The quantitative estimate of drug-likeness (QED) is 0.117. The molecular formula is C26H53ClN2O2. The van der Waals surface area contributed by atoms with Crippen LogP contribution in [0.15, 0.2) is 0 Å². The van der Waals surface area contributed by atoms with Crippen molar-refractivity contribution in [2.24, 2.45) is 0 Å². The third kappa shape index (κ3) is 15.6. The molecule has 0 radical (unpaired) electrons. The van der Waals surface area contributed by atoms with Gasteiger partial charge in [0.1, 0.15) is 5.50 Å². The Morgan fingerprint density at radius 1 is 0.774 bits per heavy atom. The number of nitrogens with zero attached hydrogens (tertiary/aromatic N) is 1. The van der Waals surface area contributed by atoms with Gasteiger partial charge in [-0.15, -0.1) is 11.6 Å². The molecule has 3 atom stereocenters. The van der Waals surface area contributed by atoms with E-state index in [1.165, 1.54) is 96.3 Å². The number of aliphatic hydroxyl groups excluding tert-OH is 1. The summed E-state index contributed by atoms with van der Waals surface area (Å²) in [6.45, 7) is 8.48. The maximum Gasteiger partial charge on any atom is 0.110 e. The zero-order chi connectivity index (χ0) is 22.6. The van der Waals surface area contributed by atoms with Gasteiger partial charge in [0.05, 0.1) is 19.3 Å². The average molecular weight is 461 g/mol. The number of hydrogen-bond acceptors (Lipinski definition) is 4. The molecule has 0 spiro atoms. The Bertz CT molecular complexity index is 380. The number of alkyl halides is 1. The molecule has 1 aliphatic heterocycles. The van der Waals surface area contributed by atoms with Crippen LogP contribution in [0.3, 0.4) is 0 Å². The highest BCUT2D eigenvalue weighted by Crippen LogP contribution is 2.15. The molecule has 1 saturated heterocycles. The van der Waals surface area contributed by atoms with Crippen LogP contribution in [0.4, 0.5) is 0 Å². The van der Waals surface area contributed by atoms with E-state index < -0.39 is 6.10 Å². The summed E-state index contributed by atoms with van der Waals surface area (Å²) in [6, 6.07) is 0.0599. The van der Waals surface area contributed by atoms with E-state index in [0.29, 0.717) is 0 Å². The molecule has 0 aromatic carbocycles. The SMILES string of the molecule is CCCCCCCCCCCCCCCCCCNC(Cl)C(O)C(C)N1CCOCC1. The number of unbranched alkanes of at least 4 members (excludes halogenated alkanes) is 15. The van der Waals surface area contributed by atoms with Gasteiger partial charge in [0.2, 0.25) is 0 Å². The van der Waals surface area contributed by atoms with Crippen molar-refractivity contribution in [2.45, 2.75) is 134 Å². The smallest absolute Gasteiger partial charge is 0.110 e. The summed E-state index contributed by atoms with van der Waals surface area (Å²) < 4.78 is 5.38. The van der Waals surface area contributed by atoms with Crippen molar-refractivity contribution in [2.75, 3.05) is 32.8 Å². The maximum absolute atomic E-state index is 10.5. The van der Waals surface area contributed by atoms with Gasteiger partial charge in [0, 0.05) is 19.1 Å². The lowest BCUT2D eigenvalue weighted by molar-refractivity contribution is -0.0187. The molecule has 31 heavy (non-hydrogen) atoms. The highest BCUT2D eigenvalue weighted by atomic mass is 35.5. The zero-order valence-electron chi connectivity index (χ0n) is 20.8. The Hall–Kier alpha value is 0.130. The summed E-state index contributed by atoms with van der Waals surface area (Å²) in [5.41, 5.74) is -0.380. The molecule has 4 nitrogen and oxygen atoms in total. The zero-order valence-corrected chi connectivity index (χ0v) is 21.5. The van der Waals surface area contributed by atoms with E-state index in [4.69, 9.17) is 16.3 Å². The van der Waals surface area contributed by atoms with Crippen LogP contribution >= 0.6 is 11.6 Å². The van der Waals surface area contributed by atoms with E-state index in [1.54, 1.807) is 0 Å². The topological polar surface area (TPSA) is 44.7 Å². The van der Waals surface area contributed by atoms with Crippen molar-refractivity contribution in [1.82, 2.24) is 10.2 Å². The van der Waals surface area contributed by atoms with Crippen molar-refractivity contribution in [3.8, 4) is 0 Å². The van der Waals surface area contributed by atoms with Gasteiger partial charge in [-0.2, -0.15) is 0 Å². The van der Waals surface area contributed by atoms with E-state index in [9.17, 15) is 5.11 Å². The first-order chi connectivity index (χ1) is 15.2. The largest absolute Gasteiger partial charge is 0.389 e. The van der Waals surface area contributed by atoms with Crippen LogP contribution < -0.4 is 5.32 Å². The van der Waals surface area contributed by atoms with Crippen LogP contribution in [0, 0.1) is 0 Å². The predicted molar refractivity (Wildman–Crippen MR) is 135 cm³/mol. The van der Waals surface area contributed by atoms with Crippen LogP contribution in [-0.4, -0.2) is 60.5 Å². The number of nitrogens with one attached hydrogen (secondary N) is 1.